The van der Waals surface area contributed by atoms with E-state index in [0.717, 1.165) is 16.7 Å². The second-order valence-corrected chi connectivity index (χ2v) is 5.55. The molecular weight excluding hydrogens is 398 g/mol. The van der Waals surface area contributed by atoms with Crippen molar-refractivity contribution >= 4 is 16.7 Å². The lowest BCUT2D eigenvalue weighted by molar-refractivity contribution is -0.657. The molecule has 0 saturated carbocycles. The number of aromatic nitrogens is 1. The van der Waals surface area contributed by atoms with E-state index >= 15 is 0 Å². The third-order valence-corrected chi connectivity index (χ3v) is 4.11. The molecule has 0 amide bonds. The van der Waals surface area contributed by atoms with E-state index in [4.69, 9.17) is 14.2 Å². The van der Waals surface area contributed by atoms with Crippen LogP contribution >= 0.6 is 0 Å². The first-order chi connectivity index (χ1) is 12.2. The van der Waals surface area contributed by atoms with E-state index in [1.807, 2.05) is 41.1 Å². The highest BCUT2D eigenvalue weighted by atomic mass is 79.9. The quantitative estimate of drug-likeness (QED) is 0.419. The van der Waals surface area contributed by atoms with Crippen molar-refractivity contribution in [2.24, 2.45) is 0 Å². The summed E-state index contributed by atoms with van der Waals surface area (Å²) in [6.45, 7) is 0.235. The van der Waals surface area contributed by atoms with E-state index in [2.05, 4.69) is 0 Å². The number of fused-ring (bicyclic) bond motifs is 1. The molecule has 0 bridgehead atoms. The van der Waals surface area contributed by atoms with Gasteiger partial charge in [-0.15, -0.1) is 0 Å². The van der Waals surface area contributed by atoms with Crippen molar-refractivity contribution in [3.8, 4) is 17.2 Å². The summed E-state index contributed by atoms with van der Waals surface area (Å²) < 4.78 is 17.7. The van der Waals surface area contributed by atoms with Crippen LogP contribution in [0.5, 0.6) is 17.2 Å². The summed E-state index contributed by atoms with van der Waals surface area (Å²) in [5.41, 5.74) is 1.55. The number of methoxy groups -OCH3 is 3. The van der Waals surface area contributed by atoms with Crippen molar-refractivity contribution in [3.05, 3.63) is 60.3 Å². The van der Waals surface area contributed by atoms with Gasteiger partial charge in [0.2, 0.25) is 17.8 Å². The predicted octanol–water partition coefficient (Wildman–Crippen LogP) is 0.0400. The van der Waals surface area contributed by atoms with E-state index in [9.17, 15) is 4.79 Å². The summed E-state index contributed by atoms with van der Waals surface area (Å²) in [6.07, 6.45) is 1.90. The molecule has 3 rings (SSSR count). The topological polar surface area (TPSA) is 48.6 Å². The van der Waals surface area contributed by atoms with Gasteiger partial charge in [-0.25, -0.2) is 0 Å². The average Bonchev–Trinajstić information content (AvgIpc) is 2.67. The Morgan fingerprint density at radius 1 is 0.923 bits per heavy atom. The van der Waals surface area contributed by atoms with Gasteiger partial charge >= 0.3 is 0 Å². The maximum absolute atomic E-state index is 12.7. The zero-order valence-electron chi connectivity index (χ0n) is 14.9. The molecule has 26 heavy (non-hydrogen) atoms. The summed E-state index contributed by atoms with van der Waals surface area (Å²) in [5, 5.41) is 1.02. The van der Waals surface area contributed by atoms with Crippen molar-refractivity contribution in [2.45, 2.75) is 6.54 Å². The fraction of sp³-hybridized carbons (Fsp3) is 0.200. The van der Waals surface area contributed by atoms with Gasteiger partial charge in [0.25, 0.3) is 0 Å². The summed E-state index contributed by atoms with van der Waals surface area (Å²) >= 11 is 0. The molecule has 0 fully saturated rings. The molecule has 5 nitrogen and oxygen atoms in total. The predicted molar refractivity (Wildman–Crippen MR) is 94.6 cm³/mol. The van der Waals surface area contributed by atoms with Crippen LogP contribution in [-0.4, -0.2) is 27.1 Å². The van der Waals surface area contributed by atoms with Crippen molar-refractivity contribution in [3.63, 3.8) is 0 Å². The second kappa shape index (κ2) is 8.67. The van der Waals surface area contributed by atoms with Crippen LogP contribution in [0.2, 0.25) is 0 Å². The van der Waals surface area contributed by atoms with Crippen LogP contribution in [0.15, 0.2) is 54.7 Å². The number of halogens is 1. The Morgan fingerprint density at radius 3 is 2.38 bits per heavy atom. The molecule has 6 heteroatoms. The highest BCUT2D eigenvalue weighted by Gasteiger charge is 2.17. The minimum Gasteiger partial charge on any atom is -1.00 e. The zero-order valence-corrected chi connectivity index (χ0v) is 16.4. The molecule has 2 aromatic carbocycles. The second-order valence-electron chi connectivity index (χ2n) is 5.55. The zero-order chi connectivity index (χ0) is 17.8. The Labute approximate surface area is 162 Å². The number of carbonyl (C=O) groups excluding carboxylic acids is 1. The molecule has 0 radical (unpaired) electrons. The van der Waals surface area contributed by atoms with Crippen molar-refractivity contribution < 1.29 is 40.6 Å². The smallest absolute Gasteiger partial charge is 0.227 e. The molecule has 0 N–H and O–H groups in total. The fourth-order valence-corrected chi connectivity index (χ4v) is 2.78. The Morgan fingerprint density at radius 2 is 1.69 bits per heavy atom. The van der Waals surface area contributed by atoms with Crippen LogP contribution in [0, 0.1) is 0 Å². The van der Waals surface area contributed by atoms with Crippen LogP contribution in [0.4, 0.5) is 0 Å². The molecular formula is C20H20BrNO4. The minimum absolute atomic E-state index is 0. The van der Waals surface area contributed by atoms with Crippen LogP contribution in [0.25, 0.3) is 10.9 Å². The lowest BCUT2D eigenvalue weighted by Crippen LogP contribution is -3.00. The minimum atomic E-state index is -0.00530. The van der Waals surface area contributed by atoms with Gasteiger partial charge in [0.1, 0.15) is 5.75 Å². The lowest BCUT2D eigenvalue weighted by Gasteiger charge is -2.08. The van der Waals surface area contributed by atoms with Crippen LogP contribution in [-0.2, 0) is 6.54 Å². The number of pyridine rings is 1. The maximum atomic E-state index is 12.7. The SMILES string of the molecule is COc1ccc2c(ccc[n+]2CC(=O)c2ccc(OC)c(OC)c2)c1.[Br-]. The molecule has 0 unspecified atom stereocenters. The largest absolute Gasteiger partial charge is 1.00 e. The number of hydrogen-bond donors (Lipinski definition) is 0. The summed E-state index contributed by atoms with van der Waals surface area (Å²) in [4.78, 5) is 12.7. The first kappa shape index (κ1) is 19.7. The van der Waals surface area contributed by atoms with E-state index < -0.39 is 0 Å². The van der Waals surface area contributed by atoms with Crippen LogP contribution < -0.4 is 35.8 Å². The average molecular weight is 418 g/mol. The summed E-state index contributed by atoms with van der Waals surface area (Å²) in [7, 11) is 4.76. The number of hydrogen-bond acceptors (Lipinski definition) is 4. The molecule has 0 saturated heterocycles. The Balaban J connectivity index is 0.00000243. The maximum Gasteiger partial charge on any atom is 0.227 e. The Kier molecular flexibility index (Phi) is 6.58. The van der Waals surface area contributed by atoms with E-state index in [0.29, 0.717) is 17.1 Å². The van der Waals surface area contributed by atoms with Gasteiger partial charge in [0.05, 0.1) is 26.7 Å². The highest BCUT2D eigenvalue weighted by Crippen LogP contribution is 2.27. The third kappa shape index (κ3) is 3.96. The first-order valence-corrected chi connectivity index (χ1v) is 7.87. The summed E-state index contributed by atoms with van der Waals surface area (Å²) in [5.74, 6) is 1.93. The third-order valence-electron chi connectivity index (χ3n) is 4.11. The van der Waals surface area contributed by atoms with Crippen molar-refractivity contribution in [1.29, 1.82) is 0 Å². The van der Waals surface area contributed by atoms with Gasteiger partial charge in [-0.05, 0) is 36.4 Å². The van der Waals surface area contributed by atoms with Crippen LogP contribution in [0.3, 0.4) is 0 Å². The number of ketones is 1. The number of benzene rings is 2. The molecule has 1 aromatic heterocycles. The highest BCUT2D eigenvalue weighted by molar-refractivity contribution is 5.96. The van der Waals surface area contributed by atoms with Gasteiger partial charge in [-0.1, -0.05) is 0 Å². The standard InChI is InChI=1S/C20H20NO4.BrH/c1-23-16-7-8-17-14(11-16)5-4-10-21(17)13-18(22)15-6-9-19(24-2)20(12-15)25-3;/h4-12H,13H2,1-3H3;1H/q+1;/p-1. The fourth-order valence-electron chi connectivity index (χ4n) is 2.78. The molecule has 0 aliphatic rings. The van der Waals surface area contributed by atoms with Crippen LogP contribution in [0.1, 0.15) is 10.4 Å². The molecule has 3 aromatic rings. The molecule has 0 spiro atoms. The Hall–Kier alpha value is -2.60. The summed E-state index contributed by atoms with van der Waals surface area (Å²) in [6, 6.07) is 14.9. The van der Waals surface area contributed by atoms with E-state index in [1.165, 1.54) is 0 Å². The molecule has 0 aliphatic carbocycles. The van der Waals surface area contributed by atoms with E-state index in [-0.39, 0.29) is 29.3 Å². The van der Waals surface area contributed by atoms with Gasteiger partial charge in [-0.2, -0.15) is 4.57 Å². The number of Topliss-reactive ketones (excluding diaryl/α,β-unsaturated/α-hetero) is 1. The normalized spacial score (nSPS) is 10.1. The number of ether oxygens (including phenoxy) is 3. The van der Waals surface area contributed by atoms with Gasteiger partial charge < -0.3 is 31.2 Å². The van der Waals surface area contributed by atoms with Gasteiger partial charge in [0.15, 0.2) is 17.7 Å². The number of nitrogens with zero attached hydrogens (tertiary/aromatic N) is 1. The lowest BCUT2D eigenvalue weighted by atomic mass is 10.1. The van der Waals surface area contributed by atoms with Gasteiger partial charge in [0, 0.05) is 17.7 Å². The Bertz CT molecular complexity index is 927. The monoisotopic (exact) mass is 417 g/mol. The van der Waals surface area contributed by atoms with Crippen molar-refractivity contribution in [1.82, 2.24) is 0 Å². The van der Waals surface area contributed by atoms with E-state index in [1.54, 1.807) is 39.5 Å². The molecule has 136 valence electrons. The number of rotatable bonds is 6. The first-order valence-electron chi connectivity index (χ1n) is 7.87. The van der Waals surface area contributed by atoms with Gasteiger partial charge in [-0.3, -0.25) is 4.79 Å². The van der Waals surface area contributed by atoms with Crippen molar-refractivity contribution in [2.75, 3.05) is 21.3 Å². The molecule has 0 atom stereocenters. The molecule has 1 heterocycles. The molecule has 0 aliphatic heterocycles. The number of carbonyl (C=O) groups is 1.